The van der Waals surface area contributed by atoms with Gasteiger partial charge in [0.15, 0.2) is 0 Å². The highest BCUT2D eigenvalue weighted by Gasteiger charge is 2.13. The summed E-state index contributed by atoms with van der Waals surface area (Å²) in [5.74, 6) is 1.19. The summed E-state index contributed by atoms with van der Waals surface area (Å²) in [6.07, 6.45) is 3.92. The monoisotopic (exact) mass is 384 g/mol. The van der Waals surface area contributed by atoms with Gasteiger partial charge in [0.1, 0.15) is 5.82 Å². The highest BCUT2D eigenvalue weighted by atomic mass is 35.5. The first kappa shape index (κ1) is 19.4. The molecule has 1 fully saturated rings. The van der Waals surface area contributed by atoms with Crippen LogP contribution in [0.5, 0.6) is 0 Å². The number of sulfonamides is 1. The fraction of sp³-hybridized carbons (Fsp3) is 0.333. The fourth-order valence-corrected chi connectivity index (χ4v) is 3.06. The minimum absolute atomic E-state index is 0. The Morgan fingerprint density at radius 1 is 1.20 bits per heavy atom. The third-order valence-corrected chi connectivity index (χ3v) is 4.67. The maximum Gasteiger partial charge on any atom is 0.238 e. The van der Waals surface area contributed by atoms with Crippen LogP contribution in [0, 0.1) is 0 Å². The lowest BCUT2D eigenvalue weighted by Crippen LogP contribution is -2.38. The van der Waals surface area contributed by atoms with E-state index in [9.17, 15) is 8.42 Å². The summed E-state index contributed by atoms with van der Waals surface area (Å²) >= 11 is 0. The van der Waals surface area contributed by atoms with Crippen molar-refractivity contribution in [3.8, 4) is 0 Å². The second-order valence-corrected chi connectivity index (χ2v) is 7.21. The van der Waals surface area contributed by atoms with E-state index in [2.05, 4.69) is 25.9 Å². The summed E-state index contributed by atoms with van der Waals surface area (Å²) in [6.45, 7) is 1.98. The highest BCUT2D eigenvalue weighted by Crippen LogP contribution is 2.17. The zero-order valence-corrected chi connectivity index (χ0v) is 15.1. The molecular formula is C15H21ClN6O2S. The zero-order chi connectivity index (χ0) is 17.0. The van der Waals surface area contributed by atoms with Crippen molar-refractivity contribution in [3.63, 3.8) is 0 Å². The largest absolute Gasteiger partial charge is 0.366 e. The van der Waals surface area contributed by atoms with Crippen molar-refractivity contribution in [1.29, 1.82) is 0 Å². The van der Waals surface area contributed by atoms with Crippen molar-refractivity contribution in [2.45, 2.75) is 23.8 Å². The first-order valence-electron chi connectivity index (χ1n) is 7.71. The number of aromatic nitrogens is 2. The van der Waals surface area contributed by atoms with E-state index < -0.39 is 10.0 Å². The van der Waals surface area contributed by atoms with Crippen molar-refractivity contribution in [1.82, 2.24) is 15.3 Å². The van der Waals surface area contributed by atoms with Crippen LogP contribution < -0.4 is 21.1 Å². The van der Waals surface area contributed by atoms with E-state index in [1.807, 2.05) is 6.07 Å². The van der Waals surface area contributed by atoms with E-state index in [4.69, 9.17) is 5.14 Å². The Bertz CT molecular complexity index is 794. The standard InChI is InChI=1S/C15H20N6O2S.ClH/c16-24(22,23)13-5-3-11(4-6-13)20-15-18-9-7-14(21-15)19-12-2-1-8-17-10-12;/h3-7,9,12,17H,1-2,8,10H2,(H2,16,22,23)(H2,18,19,20,21);1H/t12-;/m0./s1. The van der Waals surface area contributed by atoms with Gasteiger partial charge in [0.25, 0.3) is 0 Å². The smallest absolute Gasteiger partial charge is 0.238 e. The lowest BCUT2D eigenvalue weighted by Gasteiger charge is -2.24. The molecule has 5 N–H and O–H groups in total. The number of anilines is 3. The summed E-state index contributed by atoms with van der Waals surface area (Å²) in [4.78, 5) is 8.67. The van der Waals surface area contributed by atoms with Crippen LogP contribution in [-0.2, 0) is 10.0 Å². The number of hydrogen-bond acceptors (Lipinski definition) is 7. The normalized spacial score (nSPS) is 17.4. The molecule has 136 valence electrons. The van der Waals surface area contributed by atoms with E-state index >= 15 is 0 Å². The molecule has 1 aliphatic heterocycles. The Morgan fingerprint density at radius 2 is 1.96 bits per heavy atom. The SMILES string of the molecule is Cl.NS(=O)(=O)c1ccc(Nc2nccc(N[C@H]3CCCNC3)n2)cc1. The number of rotatable bonds is 5. The first-order valence-corrected chi connectivity index (χ1v) is 9.25. The molecule has 1 aromatic heterocycles. The molecule has 0 aliphatic carbocycles. The topological polar surface area (TPSA) is 122 Å². The molecule has 1 saturated heterocycles. The number of halogens is 1. The van der Waals surface area contributed by atoms with Crippen LogP contribution in [0.1, 0.15) is 12.8 Å². The van der Waals surface area contributed by atoms with Gasteiger partial charge in [0.2, 0.25) is 16.0 Å². The zero-order valence-electron chi connectivity index (χ0n) is 13.5. The van der Waals surface area contributed by atoms with Crippen molar-refractivity contribution in [2.75, 3.05) is 23.7 Å². The lowest BCUT2D eigenvalue weighted by molar-refractivity contribution is 0.479. The quantitative estimate of drug-likeness (QED) is 0.615. The van der Waals surface area contributed by atoms with Crippen molar-refractivity contribution >= 4 is 39.9 Å². The van der Waals surface area contributed by atoms with Crippen LogP contribution in [-0.4, -0.2) is 37.5 Å². The van der Waals surface area contributed by atoms with Crippen molar-refractivity contribution < 1.29 is 8.42 Å². The van der Waals surface area contributed by atoms with Crippen LogP contribution in [0.25, 0.3) is 0 Å². The molecule has 0 bridgehead atoms. The Balaban J connectivity index is 0.00000225. The third-order valence-electron chi connectivity index (χ3n) is 3.74. The fourth-order valence-electron chi connectivity index (χ4n) is 2.54. The minimum Gasteiger partial charge on any atom is -0.366 e. The predicted octanol–water partition coefficient (Wildman–Crippen LogP) is 1.45. The van der Waals surface area contributed by atoms with E-state index in [1.54, 1.807) is 18.3 Å². The lowest BCUT2D eigenvalue weighted by atomic mass is 10.1. The Morgan fingerprint density at radius 3 is 2.60 bits per heavy atom. The molecule has 3 rings (SSSR count). The van der Waals surface area contributed by atoms with E-state index in [0.717, 1.165) is 31.7 Å². The molecule has 10 heteroatoms. The molecule has 1 aromatic carbocycles. The van der Waals surface area contributed by atoms with Crippen molar-refractivity contribution in [2.24, 2.45) is 5.14 Å². The number of nitrogens with zero attached hydrogens (tertiary/aromatic N) is 2. The molecule has 0 radical (unpaired) electrons. The van der Waals surface area contributed by atoms with Gasteiger partial charge in [0, 0.05) is 24.5 Å². The summed E-state index contributed by atoms with van der Waals surface area (Å²) in [5, 5.41) is 14.9. The maximum atomic E-state index is 11.3. The Hall–Kier alpha value is -1.94. The predicted molar refractivity (Wildman–Crippen MR) is 99.9 cm³/mol. The van der Waals surface area contributed by atoms with Crippen LogP contribution in [0.3, 0.4) is 0 Å². The molecule has 25 heavy (non-hydrogen) atoms. The van der Waals surface area contributed by atoms with E-state index in [1.165, 1.54) is 12.1 Å². The van der Waals surface area contributed by atoms with Gasteiger partial charge in [-0.15, -0.1) is 12.4 Å². The summed E-state index contributed by atoms with van der Waals surface area (Å²) in [7, 11) is -3.69. The van der Waals surface area contributed by atoms with Crippen LogP contribution in [0.2, 0.25) is 0 Å². The summed E-state index contributed by atoms with van der Waals surface area (Å²) < 4.78 is 22.5. The third kappa shape index (κ3) is 5.53. The van der Waals surface area contributed by atoms with Gasteiger partial charge in [0.05, 0.1) is 4.90 Å². The molecule has 0 spiro atoms. The number of piperidine rings is 1. The average Bonchev–Trinajstić information content (AvgIpc) is 2.56. The second-order valence-electron chi connectivity index (χ2n) is 5.65. The maximum absolute atomic E-state index is 11.3. The van der Waals surface area contributed by atoms with Gasteiger partial charge in [-0.25, -0.2) is 18.5 Å². The summed E-state index contributed by atoms with van der Waals surface area (Å²) in [5.41, 5.74) is 0.680. The molecule has 1 aliphatic rings. The van der Waals surface area contributed by atoms with Gasteiger partial charge in [-0.05, 0) is 49.7 Å². The van der Waals surface area contributed by atoms with E-state index in [0.29, 0.717) is 17.7 Å². The van der Waals surface area contributed by atoms with Gasteiger partial charge in [-0.2, -0.15) is 4.98 Å². The average molecular weight is 385 g/mol. The molecule has 8 nitrogen and oxygen atoms in total. The first-order chi connectivity index (χ1) is 11.5. The molecule has 0 amide bonds. The Labute approximate surface area is 153 Å². The molecule has 0 saturated carbocycles. The van der Waals surface area contributed by atoms with Gasteiger partial charge < -0.3 is 16.0 Å². The van der Waals surface area contributed by atoms with Crippen LogP contribution in [0.4, 0.5) is 17.5 Å². The molecule has 1 atom stereocenters. The van der Waals surface area contributed by atoms with Crippen molar-refractivity contribution in [3.05, 3.63) is 36.5 Å². The second kappa shape index (κ2) is 8.43. The summed E-state index contributed by atoms with van der Waals surface area (Å²) in [6, 6.07) is 8.29. The van der Waals surface area contributed by atoms with Crippen LogP contribution in [0.15, 0.2) is 41.4 Å². The number of primary sulfonamides is 1. The number of benzene rings is 1. The number of nitrogens with one attached hydrogen (secondary N) is 3. The van der Waals surface area contributed by atoms with Gasteiger partial charge in [-0.3, -0.25) is 0 Å². The number of nitrogens with two attached hydrogens (primary N) is 1. The van der Waals surface area contributed by atoms with Gasteiger partial charge >= 0.3 is 0 Å². The molecule has 2 aromatic rings. The molecule has 2 heterocycles. The molecular weight excluding hydrogens is 364 g/mol. The Kier molecular flexibility index (Phi) is 6.54. The molecule has 0 unspecified atom stereocenters. The van der Waals surface area contributed by atoms with Gasteiger partial charge in [-0.1, -0.05) is 0 Å². The van der Waals surface area contributed by atoms with E-state index in [-0.39, 0.29) is 17.3 Å². The highest BCUT2D eigenvalue weighted by molar-refractivity contribution is 7.89. The minimum atomic E-state index is -3.69. The number of hydrogen-bond donors (Lipinski definition) is 4. The van der Waals surface area contributed by atoms with Crippen LogP contribution >= 0.6 is 12.4 Å².